The zero-order valence-corrected chi connectivity index (χ0v) is 18.3. The zero-order chi connectivity index (χ0) is 20.4. The molecule has 6 nitrogen and oxygen atoms in total. The minimum absolute atomic E-state index is 0.135. The van der Waals surface area contributed by atoms with Gasteiger partial charge in [-0.1, -0.05) is 6.07 Å². The SMILES string of the molecule is Cc1ccc(S(=O)(=O)N(C)C)cc1NC(=O)[C@H](C)[NH+](C)Cc1sccc1C. The molecule has 0 saturated carbocycles. The van der Waals surface area contributed by atoms with Crippen molar-refractivity contribution >= 4 is 33.0 Å². The summed E-state index contributed by atoms with van der Waals surface area (Å²) < 4.78 is 25.8. The number of carbonyl (C=O) groups is 1. The fourth-order valence-electron chi connectivity index (χ4n) is 2.56. The van der Waals surface area contributed by atoms with E-state index in [0.29, 0.717) is 5.69 Å². The second kappa shape index (κ2) is 8.52. The molecule has 0 radical (unpaired) electrons. The lowest BCUT2D eigenvalue weighted by atomic mass is 10.2. The highest BCUT2D eigenvalue weighted by atomic mass is 32.2. The summed E-state index contributed by atoms with van der Waals surface area (Å²) in [6, 6.07) is 6.59. The first-order valence-electron chi connectivity index (χ1n) is 8.73. The van der Waals surface area contributed by atoms with E-state index in [-0.39, 0.29) is 16.8 Å². The normalized spacial score (nSPS) is 14.2. The lowest BCUT2D eigenvalue weighted by Crippen LogP contribution is -3.12. The molecule has 0 aliphatic rings. The molecule has 27 heavy (non-hydrogen) atoms. The van der Waals surface area contributed by atoms with Crippen molar-refractivity contribution in [2.75, 3.05) is 26.5 Å². The Bertz CT molecular complexity index is 920. The first-order chi connectivity index (χ1) is 12.5. The van der Waals surface area contributed by atoms with Gasteiger partial charge in [0.1, 0.15) is 6.54 Å². The average molecular weight is 411 g/mol. The maximum atomic E-state index is 12.7. The zero-order valence-electron chi connectivity index (χ0n) is 16.7. The maximum absolute atomic E-state index is 12.7. The van der Waals surface area contributed by atoms with Crippen molar-refractivity contribution in [3.05, 3.63) is 45.6 Å². The molecule has 0 saturated heterocycles. The summed E-state index contributed by atoms with van der Waals surface area (Å²) >= 11 is 1.70. The van der Waals surface area contributed by atoms with Gasteiger partial charge in [0.2, 0.25) is 10.0 Å². The van der Waals surface area contributed by atoms with Gasteiger partial charge in [0, 0.05) is 19.8 Å². The minimum atomic E-state index is -3.55. The molecule has 148 valence electrons. The Balaban J connectivity index is 2.16. The Labute approximate surface area is 165 Å². The summed E-state index contributed by atoms with van der Waals surface area (Å²) in [5, 5.41) is 4.96. The van der Waals surface area contributed by atoms with Crippen molar-refractivity contribution in [2.24, 2.45) is 0 Å². The van der Waals surface area contributed by atoms with Crippen LogP contribution in [0.5, 0.6) is 0 Å². The van der Waals surface area contributed by atoms with E-state index >= 15 is 0 Å². The molecule has 0 spiro atoms. The van der Waals surface area contributed by atoms with Crippen molar-refractivity contribution in [2.45, 2.75) is 38.3 Å². The summed E-state index contributed by atoms with van der Waals surface area (Å²) in [7, 11) is 1.41. The first-order valence-corrected chi connectivity index (χ1v) is 11.0. The van der Waals surface area contributed by atoms with E-state index in [1.165, 1.54) is 30.6 Å². The summed E-state index contributed by atoms with van der Waals surface area (Å²) in [4.78, 5) is 15.2. The second-order valence-electron chi connectivity index (χ2n) is 7.03. The Morgan fingerprint density at radius 3 is 2.44 bits per heavy atom. The van der Waals surface area contributed by atoms with Crippen molar-refractivity contribution < 1.29 is 18.1 Å². The van der Waals surface area contributed by atoms with E-state index in [2.05, 4.69) is 23.7 Å². The third kappa shape index (κ3) is 4.95. The third-order valence-corrected chi connectivity index (χ3v) is 7.62. The third-order valence-electron chi connectivity index (χ3n) is 4.79. The molecule has 2 rings (SSSR count). The molecule has 0 aliphatic carbocycles. The molecule has 0 aliphatic heterocycles. The van der Waals surface area contributed by atoms with Gasteiger partial charge in [0.25, 0.3) is 5.91 Å². The van der Waals surface area contributed by atoms with Crippen LogP contribution in [0.15, 0.2) is 34.5 Å². The van der Waals surface area contributed by atoms with E-state index in [1.807, 2.05) is 20.9 Å². The van der Waals surface area contributed by atoms with Crippen LogP contribution < -0.4 is 10.2 Å². The van der Waals surface area contributed by atoms with Gasteiger partial charge in [-0.2, -0.15) is 0 Å². The van der Waals surface area contributed by atoms with Gasteiger partial charge in [-0.05, 0) is 55.5 Å². The molecule has 2 N–H and O–H groups in total. The molecule has 1 amide bonds. The molecular formula is C19H28N3O3S2+. The molecular weight excluding hydrogens is 382 g/mol. The molecule has 1 aromatic heterocycles. The summed E-state index contributed by atoms with van der Waals surface area (Å²) in [5.74, 6) is -0.135. The number of likely N-dealkylation sites (N-methyl/N-ethyl adjacent to an activating group) is 1. The summed E-state index contributed by atoms with van der Waals surface area (Å²) in [6.07, 6.45) is 0. The van der Waals surface area contributed by atoms with Crippen LogP contribution in [0.3, 0.4) is 0 Å². The number of nitrogens with one attached hydrogen (secondary N) is 2. The van der Waals surface area contributed by atoms with Crippen LogP contribution in [-0.4, -0.2) is 45.8 Å². The summed E-state index contributed by atoms with van der Waals surface area (Å²) in [5.41, 5.74) is 2.58. The smallest absolute Gasteiger partial charge is 0.282 e. The van der Waals surface area contributed by atoms with Crippen LogP contribution in [0.4, 0.5) is 5.69 Å². The quantitative estimate of drug-likeness (QED) is 0.729. The Hall–Kier alpha value is -1.74. The lowest BCUT2D eigenvalue weighted by Gasteiger charge is -2.21. The van der Waals surface area contributed by atoms with E-state index < -0.39 is 10.0 Å². The average Bonchev–Trinajstić information content (AvgIpc) is 3.00. The number of carbonyl (C=O) groups excluding carboxylic acids is 1. The van der Waals surface area contributed by atoms with Crippen LogP contribution >= 0.6 is 11.3 Å². The van der Waals surface area contributed by atoms with Gasteiger partial charge >= 0.3 is 0 Å². The van der Waals surface area contributed by atoms with Crippen LogP contribution in [-0.2, 0) is 21.4 Å². The predicted octanol–water partition coefficient (Wildman–Crippen LogP) is 1.66. The molecule has 1 heterocycles. The van der Waals surface area contributed by atoms with Gasteiger partial charge in [-0.25, -0.2) is 12.7 Å². The minimum Gasteiger partial charge on any atom is -0.323 e. The number of hydrogen-bond acceptors (Lipinski definition) is 4. The molecule has 1 unspecified atom stereocenters. The van der Waals surface area contributed by atoms with Gasteiger partial charge in [-0.3, -0.25) is 4.79 Å². The second-order valence-corrected chi connectivity index (χ2v) is 10.2. The number of rotatable bonds is 7. The van der Waals surface area contributed by atoms with Gasteiger partial charge in [0.05, 0.1) is 16.8 Å². The summed E-state index contributed by atoms with van der Waals surface area (Å²) in [6.45, 7) is 6.57. The van der Waals surface area contributed by atoms with Crippen molar-refractivity contribution in [3.8, 4) is 0 Å². The molecule has 1 aromatic carbocycles. The number of thiophene rings is 1. The van der Waals surface area contributed by atoms with E-state index in [1.54, 1.807) is 23.5 Å². The standard InChI is InChI=1S/C19H27N3O3S2/c1-13-7-8-16(27(24,25)21(4)5)11-17(13)20-19(23)15(3)22(6)12-18-14(2)9-10-26-18/h7-11,15H,12H2,1-6H3,(H,20,23)/p+1/t15-/m0/s1. The molecule has 0 fully saturated rings. The number of hydrogen-bond donors (Lipinski definition) is 2. The van der Waals surface area contributed by atoms with Gasteiger partial charge in [-0.15, -0.1) is 11.3 Å². The number of nitrogens with zero attached hydrogens (tertiary/aromatic N) is 1. The highest BCUT2D eigenvalue weighted by molar-refractivity contribution is 7.89. The largest absolute Gasteiger partial charge is 0.323 e. The number of quaternary nitrogens is 1. The van der Waals surface area contributed by atoms with Crippen LogP contribution in [0.2, 0.25) is 0 Å². The van der Waals surface area contributed by atoms with E-state index in [9.17, 15) is 13.2 Å². The number of amides is 1. The molecule has 8 heteroatoms. The van der Waals surface area contributed by atoms with Crippen molar-refractivity contribution in [1.82, 2.24) is 4.31 Å². The van der Waals surface area contributed by atoms with Gasteiger partial charge in [0.15, 0.2) is 6.04 Å². The fourth-order valence-corrected chi connectivity index (χ4v) is 4.49. The predicted molar refractivity (Wildman–Crippen MR) is 110 cm³/mol. The fraction of sp³-hybridized carbons (Fsp3) is 0.421. The lowest BCUT2D eigenvalue weighted by molar-refractivity contribution is -0.907. The number of benzene rings is 1. The van der Waals surface area contributed by atoms with E-state index in [4.69, 9.17) is 0 Å². The topological polar surface area (TPSA) is 70.9 Å². The Morgan fingerprint density at radius 2 is 1.89 bits per heavy atom. The molecule has 2 atom stereocenters. The molecule has 2 aromatic rings. The number of sulfonamides is 1. The van der Waals surface area contributed by atoms with Crippen molar-refractivity contribution in [1.29, 1.82) is 0 Å². The van der Waals surface area contributed by atoms with Crippen LogP contribution in [0.25, 0.3) is 0 Å². The molecule has 0 bridgehead atoms. The number of aryl methyl sites for hydroxylation is 2. The highest BCUT2D eigenvalue weighted by Gasteiger charge is 2.24. The van der Waals surface area contributed by atoms with Crippen molar-refractivity contribution in [3.63, 3.8) is 0 Å². The van der Waals surface area contributed by atoms with Crippen LogP contribution in [0, 0.1) is 13.8 Å². The maximum Gasteiger partial charge on any atom is 0.282 e. The monoisotopic (exact) mass is 410 g/mol. The number of anilines is 1. The van der Waals surface area contributed by atoms with Gasteiger partial charge < -0.3 is 10.2 Å². The van der Waals surface area contributed by atoms with E-state index in [0.717, 1.165) is 21.3 Å². The Kier molecular flexibility index (Phi) is 6.80. The highest BCUT2D eigenvalue weighted by Crippen LogP contribution is 2.22. The van der Waals surface area contributed by atoms with Crippen LogP contribution in [0.1, 0.15) is 22.9 Å². The first kappa shape index (κ1) is 21.6. The Morgan fingerprint density at radius 1 is 1.22 bits per heavy atom.